The zero-order chi connectivity index (χ0) is 22.7. The Morgan fingerprint density at radius 3 is 2.58 bits per heavy atom. The lowest BCUT2D eigenvalue weighted by molar-refractivity contribution is -0.385. The molecule has 0 atom stereocenters. The van der Waals surface area contributed by atoms with Gasteiger partial charge in [-0.2, -0.15) is 5.26 Å². The van der Waals surface area contributed by atoms with Crippen molar-refractivity contribution in [2.45, 2.75) is 19.8 Å². The maximum absolute atomic E-state index is 12.7. The summed E-state index contributed by atoms with van der Waals surface area (Å²) in [5.74, 6) is -0.887. The summed E-state index contributed by atoms with van der Waals surface area (Å²) in [6, 6.07) is 5.86. The number of nitriles is 1. The normalized spacial score (nSPS) is 12.4. The van der Waals surface area contributed by atoms with E-state index in [0.717, 1.165) is 11.0 Å². The highest BCUT2D eigenvalue weighted by Crippen LogP contribution is 2.39. The van der Waals surface area contributed by atoms with Gasteiger partial charge in [-0.3, -0.25) is 14.9 Å². The average Bonchev–Trinajstić information content (AvgIpc) is 3.37. The number of ether oxygens (including phenoxy) is 3. The average molecular weight is 443 g/mol. The van der Waals surface area contributed by atoms with Gasteiger partial charge in [0.25, 0.3) is 11.6 Å². The fourth-order valence-electron chi connectivity index (χ4n) is 2.74. The molecule has 2 aromatic rings. The molecule has 31 heavy (non-hydrogen) atoms. The lowest BCUT2D eigenvalue weighted by Gasteiger charge is -2.05. The van der Waals surface area contributed by atoms with E-state index in [9.17, 15) is 25.0 Å². The van der Waals surface area contributed by atoms with Crippen molar-refractivity contribution in [1.29, 1.82) is 5.26 Å². The van der Waals surface area contributed by atoms with Crippen LogP contribution in [0.2, 0.25) is 0 Å². The third-order valence-electron chi connectivity index (χ3n) is 4.34. The van der Waals surface area contributed by atoms with Crippen LogP contribution in [0.5, 0.6) is 11.5 Å². The summed E-state index contributed by atoms with van der Waals surface area (Å²) >= 11 is 1.18. The predicted octanol–water partition coefficient (Wildman–Crippen LogP) is 3.84. The molecule has 10 nitrogen and oxygen atoms in total. The first-order chi connectivity index (χ1) is 14.7. The van der Waals surface area contributed by atoms with Crippen LogP contribution in [-0.2, 0) is 9.53 Å². The number of esters is 1. The molecule has 0 fully saturated rings. The number of nitrogens with zero attached hydrogens (tertiary/aromatic N) is 2. The molecule has 0 radical (unpaired) electrons. The van der Waals surface area contributed by atoms with E-state index in [2.05, 4.69) is 5.32 Å². The summed E-state index contributed by atoms with van der Waals surface area (Å²) in [4.78, 5) is 36.4. The fraction of sp³-hybridized carbons (Fsp3) is 0.250. The molecule has 1 aromatic heterocycles. The van der Waals surface area contributed by atoms with E-state index in [4.69, 9.17) is 14.2 Å². The molecule has 0 saturated carbocycles. The van der Waals surface area contributed by atoms with Crippen LogP contribution in [0.15, 0.2) is 23.8 Å². The molecule has 0 aliphatic carbocycles. The second-order valence-corrected chi connectivity index (χ2v) is 7.77. The Morgan fingerprint density at radius 1 is 1.32 bits per heavy atom. The van der Waals surface area contributed by atoms with Crippen LogP contribution in [0.25, 0.3) is 6.08 Å². The minimum absolute atomic E-state index is 0.00295. The summed E-state index contributed by atoms with van der Waals surface area (Å²) in [7, 11) is 1.22. The van der Waals surface area contributed by atoms with Crippen molar-refractivity contribution in [1.82, 2.24) is 0 Å². The second kappa shape index (κ2) is 8.85. The number of anilines is 1. The van der Waals surface area contributed by atoms with E-state index in [0.29, 0.717) is 0 Å². The number of amides is 1. The van der Waals surface area contributed by atoms with Crippen molar-refractivity contribution >= 4 is 40.0 Å². The molecule has 1 N–H and O–H groups in total. The summed E-state index contributed by atoms with van der Waals surface area (Å²) in [5.41, 5.74) is -0.574. The molecule has 160 valence electrons. The third kappa shape index (κ3) is 4.49. The van der Waals surface area contributed by atoms with E-state index < -0.39 is 22.4 Å². The highest BCUT2D eigenvalue weighted by atomic mass is 32.1. The molecule has 3 rings (SSSR count). The molecule has 2 heterocycles. The van der Waals surface area contributed by atoms with Gasteiger partial charge >= 0.3 is 5.97 Å². The van der Waals surface area contributed by atoms with Gasteiger partial charge in [0.1, 0.15) is 16.6 Å². The van der Waals surface area contributed by atoms with Gasteiger partial charge in [-0.25, -0.2) is 4.79 Å². The number of carbonyl (C=O) groups is 2. The number of thiophene rings is 1. The van der Waals surface area contributed by atoms with Crippen LogP contribution in [-0.4, -0.2) is 30.7 Å². The second-order valence-electron chi connectivity index (χ2n) is 6.68. The SMILES string of the molecule is COC(=O)c1cc(C(C)C)sc1NC(=O)C(C#N)=Cc1cc2c(cc1[N+](=O)[O-])OCO2. The van der Waals surface area contributed by atoms with Crippen molar-refractivity contribution in [2.75, 3.05) is 19.2 Å². The molecule has 0 spiro atoms. The van der Waals surface area contributed by atoms with Gasteiger partial charge in [0.2, 0.25) is 6.79 Å². The molecule has 1 aliphatic rings. The number of benzene rings is 1. The van der Waals surface area contributed by atoms with E-state index in [1.807, 2.05) is 13.8 Å². The zero-order valence-corrected chi connectivity index (χ0v) is 17.6. The van der Waals surface area contributed by atoms with Gasteiger partial charge in [0.15, 0.2) is 11.5 Å². The molecule has 0 bridgehead atoms. The first-order valence-electron chi connectivity index (χ1n) is 8.98. The monoisotopic (exact) mass is 443 g/mol. The van der Waals surface area contributed by atoms with Crippen molar-refractivity contribution in [3.8, 4) is 17.6 Å². The molecule has 0 saturated heterocycles. The summed E-state index contributed by atoms with van der Waals surface area (Å²) in [6.07, 6.45) is 1.09. The Hall–Kier alpha value is -3.91. The number of nitro groups is 1. The first-order valence-corrected chi connectivity index (χ1v) is 9.80. The minimum Gasteiger partial charge on any atom is -0.465 e. The van der Waals surface area contributed by atoms with Crippen LogP contribution < -0.4 is 14.8 Å². The number of methoxy groups -OCH3 is 1. The van der Waals surface area contributed by atoms with E-state index >= 15 is 0 Å². The van der Waals surface area contributed by atoms with Gasteiger partial charge in [0, 0.05) is 4.88 Å². The number of hydrogen-bond acceptors (Lipinski definition) is 9. The van der Waals surface area contributed by atoms with E-state index in [1.165, 1.54) is 30.6 Å². The summed E-state index contributed by atoms with van der Waals surface area (Å²) < 4.78 is 15.1. The molecule has 0 unspecified atom stereocenters. The third-order valence-corrected chi connectivity index (χ3v) is 5.69. The molecule has 1 aliphatic heterocycles. The van der Waals surface area contributed by atoms with Crippen molar-refractivity contribution in [3.05, 3.63) is 49.9 Å². The molecule has 11 heteroatoms. The quantitative estimate of drug-likeness (QED) is 0.233. The zero-order valence-electron chi connectivity index (χ0n) is 16.8. The van der Waals surface area contributed by atoms with E-state index in [1.54, 1.807) is 12.1 Å². The van der Waals surface area contributed by atoms with Crippen LogP contribution in [0.1, 0.15) is 40.6 Å². The van der Waals surface area contributed by atoms with Crippen molar-refractivity contribution in [3.63, 3.8) is 0 Å². The molecular formula is C20H17N3O7S. The first kappa shape index (κ1) is 21.8. The number of rotatable bonds is 6. The van der Waals surface area contributed by atoms with Crippen LogP contribution in [0, 0.1) is 21.4 Å². The number of carbonyl (C=O) groups excluding carboxylic acids is 2. The highest BCUT2D eigenvalue weighted by molar-refractivity contribution is 7.16. The Kier molecular flexibility index (Phi) is 6.22. The predicted molar refractivity (Wildman–Crippen MR) is 111 cm³/mol. The van der Waals surface area contributed by atoms with E-state index in [-0.39, 0.29) is 46.0 Å². The number of hydrogen-bond donors (Lipinski definition) is 1. The Morgan fingerprint density at radius 2 is 2.00 bits per heavy atom. The lowest BCUT2D eigenvalue weighted by atomic mass is 10.1. The molecule has 1 amide bonds. The van der Waals surface area contributed by atoms with Crippen molar-refractivity contribution < 1.29 is 28.7 Å². The van der Waals surface area contributed by atoms with Gasteiger partial charge in [0.05, 0.1) is 29.2 Å². The maximum Gasteiger partial charge on any atom is 0.340 e. The Balaban J connectivity index is 1.97. The van der Waals surface area contributed by atoms with Crippen LogP contribution in [0.3, 0.4) is 0 Å². The molecular weight excluding hydrogens is 426 g/mol. The smallest absolute Gasteiger partial charge is 0.340 e. The van der Waals surface area contributed by atoms with Crippen LogP contribution in [0.4, 0.5) is 10.7 Å². The standard InChI is InChI=1S/C20H17N3O7S/c1-10(2)17-6-13(20(25)28-3)19(31-17)22-18(24)12(8-21)4-11-5-15-16(30-9-29-15)7-14(11)23(26)27/h4-7,10H,9H2,1-3H3,(H,22,24). The number of nitro benzene ring substituents is 1. The molecule has 1 aromatic carbocycles. The van der Waals surface area contributed by atoms with Gasteiger partial charge < -0.3 is 19.5 Å². The maximum atomic E-state index is 12.7. The Labute approximate surface area is 180 Å². The Bertz CT molecular complexity index is 1140. The highest BCUT2D eigenvalue weighted by Gasteiger charge is 2.25. The number of fused-ring (bicyclic) bond motifs is 1. The fourth-order valence-corrected chi connectivity index (χ4v) is 3.79. The van der Waals surface area contributed by atoms with Crippen molar-refractivity contribution in [2.24, 2.45) is 0 Å². The lowest BCUT2D eigenvalue weighted by Crippen LogP contribution is -2.15. The van der Waals surface area contributed by atoms with Gasteiger partial charge in [-0.05, 0) is 24.1 Å². The summed E-state index contributed by atoms with van der Waals surface area (Å²) in [6.45, 7) is 3.77. The summed E-state index contributed by atoms with van der Waals surface area (Å²) in [5, 5.41) is 23.7. The topological polar surface area (TPSA) is 141 Å². The largest absolute Gasteiger partial charge is 0.465 e. The minimum atomic E-state index is -0.822. The van der Waals surface area contributed by atoms with Gasteiger partial charge in [-0.15, -0.1) is 11.3 Å². The van der Waals surface area contributed by atoms with Crippen LogP contribution >= 0.6 is 11.3 Å². The number of nitrogens with one attached hydrogen (secondary N) is 1. The van der Waals surface area contributed by atoms with Gasteiger partial charge in [-0.1, -0.05) is 13.8 Å².